The van der Waals surface area contributed by atoms with Crippen molar-refractivity contribution in [2.75, 3.05) is 24.1 Å². The summed E-state index contributed by atoms with van der Waals surface area (Å²) in [5.41, 5.74) is 14.6. The molecule has 1 saturated heterocycles. The highest BCUT2D eigenvalue weighted by molar-refractivity contribution is 5.92. The fourth-order valence-corrected chi connectivity index (χ4v) is 3.41. The highest BCUT2D eigenvalue weighted by atomic mass is 35.5. The molecule has 1 heterocycles. The monoisotopic (exact) mass is 438 g/mol. The lowest BCUT2D eigenvalue weighted by atomic mass is 9.96. The first kappa shape index (κ1) is 24.8. The number of rotatable bonds is 6. The minimum absolute atomic E-state index is 0. The van der Waals surface area contributed by atoms with Crippen LogP contribution in [-0.2, 0) is 22.6 Å². The van der Waals surface area contributed by atoms with Crippen molar-refractivity contribution in [2.45, 2.75) is 25.8 Å². The molecular formula is C21H28Cl2N4O2. The molecule has 0 atom stereocenters. The molecule has 2 aromatic carbocycles. The summed E-state index contributed by atoms with van der Waals surface area (Å²) >= 11 is 0. The number of nitrogens with zero attached hydrogens (tertiary/aromatic N) is 1. The van der Waals surface area contributed by atoms with Crippen molar-refractivity contribution in [3.63, 3.8) is 0 Å². The maximum atomic E-state index is 12.3. The van der Waals surface area contributed by atoms with E-state index in [2.05, 4.69) is 16.3 Å². The van der Waals surface area contributed by atoms with Gasteiger partial charge in [0.15, 0.2) is 0 Å². The summed E-state index contributed by atoms with van der Waals surface area (Å²) in [5.74, 6) is -0.250. The Morgan fingerprint density at radius 2 is 1.66 bits per heavy atom. The molecule has 5 N–H and O–H groups in total. The molecule has 1 aliphatic rings. The van der Waals surface area contributed by atoms with Gasteiger partial charge in [-0.2, -0.15) is 0 Å². The van der Waals surface area contributed by atoms with E-state index in [0.29, 0.717) is 12.1 Å². The molecule has 6 nitrogen and oxygen atoms in total. The number of primary amides is 1. The van der Waals surface area contributed by atoms with Crippen LogP contribution in [0.25, 0.3) is 0 Å². The Labute approximate surface area is 183 Å². The number of carbonyl (C=O) groups is 2. The Morgan fingerprint density at radius 3 is 2.28 bits per heavy atom. The van der Waals surface area contributed by atoms with E-state index in [-0.39, 0.29) is 42.5 Å². The SMILES string of the molecule is Cl.Cl.NC(=O)C1CCN(Cc2cccc(NC(=O)Cc3ccc(N)cc3)c2)CC1. The van der Waals surface area contributed by atoms with E-state index in [1.165, 1.54) is 0 Å². The minimum atomic E-state index is -0.194. The van der Waals surface area contributed by atoms with Gasteiger partial charge in [-0.15, -0.1) is 24.8 Å². The second-order valence-electron chi connectivity index (χ2n) is 7.12. The molecule has 0 unspecified atom stereocenters. The second kappa shape index (κ2) is 11.7. The first-order valence-corrected chi connectivity index (χ1v) is 9.24. The zero-order chi connectivity index (χ0) is 19.2. The summed E-state index contributed by atoms with van der Waals surface area (Å²) in [7, 11) is 0. The highest BCUT2D eigenvalue weighted by Gasteiger charge is 2.22. The number of carbonyl (C=O) groups excluding carboxylic acids is 2. The maximum absolute atomic E-state index is 12.3. The highest BCUT2D eigenvalue weighted by Crippen LogP contribution is 2.20. The van der Waals surface area contributed by atoms with E-state index in [1.807, 2.05) is 30.3 Å². The molecule has 0 aliphatic carbocycles. The van der Waals surface area contributed by atoms with Crippen molar-refractivity contribution in [3.8, 4) is 0 Å². The Balaban J connectivity index is 0.00000210. The van der Waals surface area contributed by atoms with Crippen LogP contribution in [0, 0.1) is 5.92 Å². The van der Waals surface area contributed by atoms with E-state index in [1.54, 1.807) is 12.1 Å². The van der Waals surface area contributed by atoms with Crippen LogP contribution >= 0.6 is 24.8 Å². The Kier molecular flexibility index (Phi) is 9.95. The molecular weight excluding hydrogens is 411 g/mol. The van der Waals surface area contributed by atoms with Crippen LogP contribution < -0.4 is 16.8 Å². The van der Waals surface area contributed by atoms with Crippen LogP contribution in [0.5, 0.6) is 0 Å². The zero-order valence-electron chi connectivity index (χ0n) is 16.2. The van der Waals surface area contributed by atoms with Crippen molar-refractivity contribution in [1.29, 1.82) is 0 Å². The molecule has 0 saturated carbocycles. The summed E-state index contributed by atoms with van der Waals surface area (Å²) in [6.45, 7) is 2.52. The first-order valence-electron chi connectivity index (χ1n) is 9.24. The number of nitrogen functional groups attached to an aromatic ring is 1. The number of hydrogen-bond acceptors (Lipinski definition) is 4. The van der Waals surface area contributed by atoms with E-state index in [0.717, 1.165) is 49.3 Å². The van der Waals surface area contributed by atoms with Gasteiger partial charge in [-0.25, -0.2) is 0 Å². The maximum Gasteiger partial charge on any atom is 0.228 e. The van der Waals surface area contributed by atoms with Gasteiger partial charge in [-0.3, -0.25) is 14.5 Å². The summed E-state index contributed by atoms with van der Waals surface area (Å²) < 4.78 is 0. The van der Waals surface area contributed by atoms with E-state index in [9.17, 15) is 9.59 Å². The smallest absolute Gasteiger partial charge is 0.228 e. The lowest BCUT2D eigenvalue weighted by Gasteiger charge is -2.30. The van der Waals surface area contributed by atoms with Gasteiger partial charge in [0.25, 0.3) is 0 Å². The molecule has 2 amide bonds. The van der Waals surface area contributed by atoms with Crippen molar-refractivity contribution < 1.29 is 9.59 Å². The van der Waals surface area contributed by atoms with Gasteiger partial charge in [0.05, 0.1) is 6.42 Å². The van der Waals surface area contributed by atoms with Crippen molar-refractivity contribution >= 4 is 48.0 Å². The Morgan fingerprint density at radius 1 is 1.00 bits per heavy atom. The quantitative estimate of drug-likeness (QED) is 0.603. The molecule has 2 aromatic rings. The van der Waals surface area contributed by atoms with Crippen LogP contribution in [0.15, 0.2) is 48.5 Å². The predicted molar refractivity (Wildman–Crippen MR) is 121 cm³/mol. The summed E-state index contributed by atoms with van der Waals surface area (Å²) in [5, 5.41) is 2.95. The van der Waals surface area contributed by atoms with Gasteiger partial charge >= 0.3 is 0 Å². The molecule has 8 heteroatoms. The third kappa shape index (κ3) is 7.57. The molecule has 29 heavy (non-hydrogen) atoms. The van der Waals surface area contributed by atoms with Gasteiger partial charge < -0.3 is 16.8 Å². The fraction of sp³-hybridized carbons (Fsp3) is 0.333. The predicted octanol–water partition coefficient (Wildman–Crippen LogP) is 2.99. The van der Waals surface area contributed by atoms with Crippen molar-refractivity contribution in [3.05, 3.63) is 59.7 Å². The molecule has 0 bridgehead atoms. The standard InChI is InChI=1S/C21H26N4O2.2ClH/c22-18-6-4-15(5-7-18)13-20(26)24-19-3-1-2-16(12-19)14-25-10-8-17(9-11-25)21(23)27;;/h1-7,12,17H,8-11,13-14,22H2,(H2,23,27)(H,24,26);2*1H. The Bertz CT molecular complexity index is 807. The minimum Gasteiger partial charge on any atom is -0.399 e. The largest absolute Gasteiger partial charge is 0.399 e. The van der Waals surface area contributed by atoms with Gasteiger partial charge in [0, 0.05) is 23.8 Å². The van der Waals surface area contributed by atoms with Gasteiger partial charge in [0.1, 0.15) is 0 Å². The fourth-order valence-electron chi connectivity index (χ4n) is 3.41. The molecule has 1 aliphatic heterocycles. The summed E-state index contributed by atoms with van der Waals surface area (Å²) in [6, 6.07) is 15.2. The molecule has 3 rings (SSSR count). The van der Waals surface area contributed by atoms with Crippen LogP contribution in [-0.4, -0.2) is 29.8 Å². The average molecular weight is 439 g/mol. The van der Waals surface area contributed by atoms with Crippen LogP contribution in [0.2, 0.25) is 0 Å². The van der Waals surface area contributed by atoms with Crippen LogP contribution in [0.3, 0.4) is 0 Å². The van der Waals surface area contributed by atoms with E-state index in [4.69, 9.17) is 11.5 Å². The number of nitrogens with one attached hydrogen (secondary N) is 1. The molecule has 158 valence electrons. The number of nitrogens with two attached hydrogens (primary N) is 2. The van der Waals surface area contributed by atoms with Gasteiger partial charge in [-0.1, -0.05) is 24.3 Å². The van der Waals surface area contributed by atoms with Crippen LogP contribution in [0.4, 0.5) is 11.4 Å². The number of halogens is 2. The molecule has 0 radical (unpaired) electrons. The van der Waals surface area contributed by atoms with Crippen molar-refractivity contribution in [1.82, 2.24) is 4.90 Å². The summed E-state index contributed by atoms with van der Waals surface area (Å²) in [4.78, 5) is 25.9. The lowest BCUT2D eigenvalue weighted by molar-refractivity contribution is -0.123. The number of likely N-dealkylation sites (tertiary alicyclic amines) is 1. The van der Waals surface area contributed by atoms with Crippen LogP contribution in [0.1, 0.15) is 24.0 Å². The molecule has 1 fully saturated rings. The van der Waals surface area contributed by atoms with Gasteiger partial charge in [0.2, 0.25) is 11.8 Å². The normalized spacial score (nSPS) is 14.3. The summed E-state index contributed by atoms with van der Waals surface area (Å²) in [6.07, 6.45) is 1.94. The first-order chi connectivity index (χ1) is 13.0. The number of hydrogen-bond donors (Lipinski definition) is 3. The zero-order valence-corrected chi connectivity index (χ0v) is 17.8. The number of anilines is 2. The molecule has 0 aromatic heterocycles. The second-order valence-corrected chi connectivity index (χ2v) is 7.12. The topological polar surface area (TPSA) is 101 Å². The third-order valence-electron chi connectivity index (χ3n) is 4.95. The average Bonchev–Trinajstić information content (AvgIpc) is 2.64. The number of benzene rings is 2. The lowest BCUT2D eigenvalue weighted by Crippen LogP contribution is -2.38. The molecule has 0 spiro atoms. The third-order valence-corrected chi connectivity index (χ3v) is 4.95. The van der Waals surface area contributed by atoms with E-state index < -0.39 is 0 Å². The Hall–Kier alpha value is -2.28. The number of piperidine rings is 1. The van der Waals surface area contributed by atoms with Crippen molar-refractivity contribution in [2.24, 2.45) is 11.7 Å². The van der Waals surface area contributed by atoms with Gasteiger partial charge in [-0.05, 0) is 61.3 Å². The van der Waals surface area contributed by atoms with E-state index >= 15 is 0 Å². The number of amides is 2.